The summed E-state index contributed by atoms with van der Waals surface area (Å²) in [5, 5.41) is 2.06. The second-order valence-corrected chi connectivity index (χ2v) is 9.26. The second-order valence-electron chi connectivity index (χ2n) is 9.26. The van der Waals surface area contributed by atoms with E-state index in [0.717, 1.165) is 22.9 Å². The van der Waals surface area contributed by atoms with Crippen LogP contribution < -0.4 is 9.47 Å². The molecule has 5 aromatic rings. The van der Waals surface area contributed by atoms with Crippen molar-refractivity contribution in [2.75, 3.05) is 20.3 Å². The van der Waals surface area contributed by atoms with E-state index in [1.54, 1.807) is 27.6 Å². The number of carbonyl (C=O) groups excluding carboxylic acids is 1. The van der Waals surface area contributed by atoms with E-state index in [1.807, 2.05) is 42.5 Å². The topological polar surface area (TPSA) is 69.0 Å². The first-order valence-electron chi connectivity index (χ1n) is 12.3. The van der Waals surface area contributed by atoms with Gasteiger partial charge in [-0.3, -0.25) is 4.79 Å². The Labute approximate surface area is 221 Å². The number of pyridine rings is 2. The molecule has 0 fully saturated rings. The van der Waals surface area contributed by atoms with E-state index < -0.39 is 17.8 Å². The highest BCUT2D eigenvalue weighted by atomic mass is 19.4. The first-order chi connectivity index (χ1) is 18.8. The molecule has 0 aliphatic carbocycles. The van der Waals surface area contributed by atoms with Crippen molar-refractivity contribution in [3.63, 3.8) is 0 Å². The Kier molecular flexibility index (Phi) is 6.09. The number of imidazole rings is 1. The van der Waals surface area contributed by atoms with E-state index in [0.29, 0.717) is 41.5 Å². The standard InChI is InChI=1S/C29H23F3N4O3/c1-38-25-9-7-20(16-33-25)27-28-23(34-24-15-21(29(30,31)32)10-12-35(24)28)11-13-36(27)26(37)17-39-22-8-6-18-4-2-3-5-19(18)14-22/h2-10,12,14-16,27H,11,13,17H2,1H3. The van der Waals surface area contributed by atoms with Crippen molar-refractivity contribution >= 4 is 22.3 Å². The molecule has 1 unspecified atom stereocenters. The third-order valence-corrected chi connectivity index (χ3v) is 6.91. The summed E-state index contributed by atoms with van der Waals surface area (Å²) in [5.74, 6) is 0.702. The van der Waals surface area contributed by atoms with Gasteiger partial charge in [-0.1, -0.05) is 30.3 Å². The van der Waals surface area contributed by atoms with Crippen LogP contribution in [-0.4, -0.2) is 45.4 Å². The fourth-order valence-electron chi connectivity index (χ4n) is 5.03. The highest BCUT2D eigenvalue weighted by Crippen LogP contribution is 2.37. The van der Waals surface area contributed by atoms with Gasteiger partial charge in [-0.25, -0.2) is 9.97 Å². The van der Waals surface area contributed by atoms with Gasteiger partial charge in [0.05, 0.1) is 24.1 Å². The minimum absolute atomic E-state index is 0.169. The zero-order valence-electron chi connectivity index (χ0n) is 20.9. The smallest absolute Gasteiger partial charge is 0.416 e. The lowest BCUT2D eigenvalue weighted by Crippen LogP contribution is -2.43. The number of ether oxygens (including phenoxy) is 2. The van der Waals surface area contributed by atoms with Crippen LogP contribution in [0.2, 0.25) is 0 Å². The number of fused-ring (bicyclic) bond motifs is 4. The van der Waals surface area contributed by atoms with Crippen LogP contribution in [0.4, 0.5) is 13.2 Å². The minimum atomic E-state index is -4.49. The predicted octanol–water partition coefficient (Wildman–Crippen LogP) is 5.46. The summed E-state index contributed by atoms with van der Waals surface area (Å²) in [6.45, 7) is 0.113. The average Bonchev–Trinajstić information content (AvgIpc) is 3.33. The summed E-state index contributed by atoms with van der Waals surface area (Å²) in [4.78, 5) is 24.0. The largest absolute Gasteiger partial charge is 0.484 e. The molecule has 6 rings (SSSR count). The maximum Gasteiger partial charge on any atom is 0.416 e. The van der Waals surface area contributed by atoms with Crippen molar-refractivity contribution in [1.82, 2.24) is 19.3 Å². The number of hydrogen-bond donors (Lipinski definition) is 0. The van der Waals surface area contributed by atoms with Crippen LogP contribution >= 0.6 is 0 Å². The van der Waals surface area contributed by atoms with Gasteiger partial charge in [0.2, 0.25) is 5.88 Å². The van der Waals surface area contributed by atoms with Gasteiger partial charge in [0.1, 0.15) is 17.4 Å². The average molecular weight is 533 g/mol. The van der Waals surface area contributed by atoms with Gasteiger partial charge in [0.15, 0.2) is 6.61 Å². The Morgan fingerprint density at radius 1 is 1.05 bits per heavy atom. The summed E-state index contributed by atoms with van der Waals surface area (Å²) < 4.78 is 52.8. The molecular weight excluding hydrogens is 509 g/mol. The lowest BCUT2D eigenvalue weighted by Gasteiger charge is -2.35. The molecule has 0 radical (unpaired) electrons. The Balaban J connectivity index is 1.35. The molecule has 1 atom stereocenters. The van der Waals surface area contributed by atoms with Crippen molar-refractivity contribution in [1.29, 1.82) is 0 Å². The SMILES string of the molecule is COc1ccc(C2c3c(nc4cc(C(F)(F)F)ccn34)CCN2C(=O)COc2ccc3ccccc3c2)cn1. The van der Waals surface area contributed by atoms with Crippen molar-refractivity contribution < 1.29 is 27.4 Å². The fourth-order valence-corrected chi connectivity index (χ4v) is 5.03. The third-order valence-electron chi connectivity index (χ3n) is 6.91. The van der Waals surface area contributed by atoms with Gasteiger partial charge in [0, 0.05) is 31.4 Å². The lowest BCUT2D eigenvalue weighted by atomic mass is 9.96. The predicted molar refractivity (Wildman–Crippen MR) is 138 cm³/mol. The quantitative estimate of drug-likeness (QED) is 0.301. The van der Waals surface area contributed by atoms with Crippen LogP contribution in [0.1, 0.15) is 28.6 Å². The molecule has 1 aliphatic rings. The summed E-state index contributed by atoms with van der Waals surface area (Å²) in [5.41, 5.74) is 1.32. The monoisotopic (exact) mass is 532 g/mol. The molecule has 0 bridgehead atoms. The number of hydrogen-bond acceptors (Lipinski definition) is 5. The Bertz CT molecular complexity index is 1680. The van der Waals surface area contributed by atoms with E-state index in [9.17, 15) is 18.0 Å². The van der Waals surface area contributed by atoms with Crippen molar-refractivity contribution in [2.24, 2.45) is 0 Å². The molecule has 3 aromatic heterocycles. The number of carbonyl (C=O) groups is 1. The maximum absolute atomic E-state index is 13.6. The number of amides is 1. The number of halogens is 3. The second kappa shape index (κ2) is 9.61. The molecule has 1 amide bonds. The van der Waals surface area contributed by atoms with Crippen molar-refractivity contribution in [2.45, 2.75) is 18.6 Å². The first-order valence-corrected chi connectivity index (χ1v) is 12.3. The molecule has 0 spiro atoms. The fraction of sp³-hybridized carbons (Fsp3) is 0.207. The summed E-state index contributed by atoms with van der Waals surface area (Å²) in [7, 11) is 1.50. The number of nitrogens with zero attached hydrogens (tertiary/aromatic N) is 4. The Morgan fingerprint density at radius 3 is 2.62 bits per heavy atom. The summed E-state index contributed by atoms with van der Waals surface area (Å²) in [6, 6.07) is 18.4. The molecule has 2 aromatic carbocycles. The van der Waals surface area contributed by atoms with Gasteiger partial charge < -0.3 is 18.8 Å². The zero-order chi connectivity index (χ0) is 27.1. The zero-order valence-corrected chi connectivity index (χ0v) is 20.9. The van der Waals surface area contributed by atoms with Crippen molar-refractivity contribution in [3.05, 3.63) is 102 Å². The summed E-state index contributed by atoms with van der Waals surface area (Å²) >= 11 is 0. The van der Waals surface area contributed by atoms with Crippen LogP contribution in [0.3, 0.4) is 0 Å². The molecule has 10 heteroatoms. The molecule has 0 saturated carbocycles. The normalized spacial score (nSPS) is 15.4. The van der Waals surface area contributed by atoms with Gasteiger partial charge in [-0.05, 0) is 46.7 Å². The van der Waals surface area contributed by atoms with Gasteiger partial charge in [-0.2, -0.15) is 13.2 Å². The molecule has 39 heavy (non-hydrogen) atoms. The molecular formula is C29H23F3N4O3. The van der Waals surface area contributed by atoms with E-state index in [4.69, 9.17) is 9.47 Å². The number of aromatic nitrogens is 3. The number of methoxy groups -OCH3 is 1. The highest BCUT2D eigenvalue weighted by Gasteiger charge is 2.37. The molecule has 0 N–H and O–H groups in total. The van der Waals surface area contributed by atoms with Crippen LogP contribution in [-0.2, 0) is 17.4 Å². The van der Waals surface area contributed by atoms with Gasteiger partial charge >= 0.3 is 6.18 Å². The van der Waals surface area contributed by atoms with Gasteiger partial charge in [0.25, 0.3) is 5.91 Å². The van der Waals surface area contributed by atoms with E-state index >= 15 is 0 Å². The molecule has 198 valence electrons. The van der Waals surface area contributed by atoms with E-state index in [1.165, 1.54) is 13.3 Å². The van der Waals surface area contributed by atoms with Crippen LogP contribution in [0, 0.1) is 0 Å². The lowest BCUT2D eigenvalue weighted by molar-refractivity contribution is -0.137. The minimum Gasteiger partial charge on any atom is -0.484 e. The summed E-state index contributed by atoms with van der Waals surface area (Å²) in [6.07, 6.45) is -1.14. The Hall–Kier alpha value is -4.60. The first kappa shape index (κ1) is 24.7. The number of rotatable bonds is 5. The Morgan fingerprint density at radius 2 is 1.87 bits per heavy atom. The molecule has 4 heterocycles. The maximum atomic E-state index is 13.6. The molecule has 7 nitrogen and oxygen atoms in total. The third kappa shape index (κ3) is 4.62. The highest BCUT2D eigenvalue weighted by molar-refractivity contribution is 5.84. The van der Waals surface area contributed by atoms with Gasteiger partial charge in [-0.15, -0.1) is 0 Å². The van der Waals surface area contributed by atoms with E-state index in [-0.39, 0.29) is 18.2 Å². The molecule has 1 aliphatic heterocycles. The van der Waals surface area contributed by atoms with Crippen LogP contribution in [0.15, 0.2) is 79.1 Å². The van der Waals surface area contributed by atoms with Crippen LogP contribution in [0.5, 0.6) is 11.6 Å². The van der Waals surface area contributed by atoms with Crippen LogP contribution in [0.25, 0.3) is 16.4 Å². The van der Waals surface area contributed by atoms with E-state index in [2.05, 4.69) is 9.97 Å². The molecule has 0 saturated heterocycles. The number of alkyl halides is 3. The van der Waals surface area contributed by atoms with Crippen molar-refractivity contribution in [3.8, 4) is 11.6 Å². The number of benzene rings is 2.